The SMILES string of the molecule is CC.CC.CC.CC.CC.CC.CC.CC.Cn1nc(C2Cc3ccccc3C2)c2ncnc(N)c21.Cn1nc(C2Cc3ccccc3C2)c2ncnc(N)c21.Cn1nc(C2Cc3ccccc3C2)c2ncnc(N)c21.Nc1ncnc2c(C3Cc4ccccc4C3)nn(-c3ccccc3)c12.c1ccc2[nH]cnc2c1.c1ccncc1.c1cn[nH]c1. The van der Waals surface area contributed by atoms with Crippen LogP contribution in [0.3, 0.4) is 0 Å². The number of pyridine rings is 1. The maximum atomic E-state index is 6.18. The molecule has 0 saturated heterocycles. The number of aryl methyl sites for hydroxylation is 3. The lowest BCUT2D eigenvalue weighted by atomic mass is 10.0. The van der Waals surface area contributed by atoms with Gasteiger partial charge < -0.3 is 27.9 Å². The largest absolute Gasteiger partial charge is 0.382 e. The molecule has 11 heterocycles. The summed E-state index contributed by atoms with van der Waals surface area (Å²) >= 11 is 0. The lowest BCUT2D eigenvalue weighted by molar-refractivity contribution is 0.676. The molecule has 11 aromatic heterocycles. The van der Waals surface area contributed by atoms with Gasteiger partial charge in [-0.2, -0.15) is 25.5 Å². The van der Waals surface area contributed by atoms with E-state index in [1.54, 1.807) is 45.2 Å². The van der Waals surface area contributed by atoms with Crippen LogP contribution in [0.5, 0.6) is 0 Å². The van der Waals surface area contributed by atoms with Gasteiger partial charge in [0.15, 0.2) is 23.3 Å². The molecule has 4 aliphatic rings. The molecule has 0 aliphatic heterocycles. The highest BCUT2D eigenvalue weighted by atomic mass is 15.3. The fourth-order valence-corrected chi connectivity index (χ4v) is 14.7. The third kappa shape index (κ3) is 23.5. The molecule has 6 aromatic carbocycles. The van der Waals surface area contributed by atoms with Gasteiger partial charge in [0.05, 0.1) is 45.8 Å². The van der Waals surface area contributed by atoms with Crippen LogP contribution >= 0.6 is 0 Å². The number of aromatic nitrogens is 21. The highest BCUT2D eigenvalue weighted by Crippen LogP contribution is 2.41. The van der Waals surface area contributed by atoms with Crippen molar-refractivity contribution < 1.29 is 0 Å². The number of imidazole rings is 1. The molecule has 25 heteroatoms. The van der Waals surface area contributed by atoms with E-state index in [9.17, 15) is 0 Å². The van der Waals surface area contributed by atoms with Gasteiger partial charge >= 0.3 is 0 Å². The summed E-state index contributed by atoms with van der Waals surface area (Å²) in [5, 5.41) is 25.1. The first-order chi connectivity index (χ1) is 59.5. The minimum atomic E-state index is 0.319. The second kappa shape index (κ2) is 49.7. The van der Waals surface area contributed by atoms with E-state index in [0.29, 0.717) is 46.9 Å². The number of fused-ring (bicyclic) bond motifs is 9. The average Bonchev–Trinajstić information content (AvgIpc) is 1.60. The van der Waals surface area contributed by atoms with Crippen LogP contribution in [0.2, 0.25) is 0 Å². The number of rotatable bonds is 5. The second-order valence-electron chi connectivity index (χ2n) is 26.2. The van der Waals surface area contributed by atoms with Gasteiger partial charge in [-0.15, -0.1) is 0 Å². The number of hydrogen-bond donors (Lipinski definition) is 6. The van der Waals surface area contributed by atoms with Gasteiger partial charge in [0.1, 0.15) is 69.4 Å². The fourth-order valence-electron chi connectivity index (χ4n) is 14.7. The zero-order valence-electron chi connectivity index (χ0n) is 74.2. The van der Waals surface area contributed by atoms with E-state index in [1.165, 1.54) is 69.8 Å². The van der Waals surface area contributed by atoms with Gasteiger partial charge in [-0.25, -0.2) is 49.5 Å². The molecule has 0 amide bonds. The third-order valence-corrected chi connectivity index (χ3v) is 19.6. The summed E-state index contributed by atoms with van der Waals surface area (Å²) in [4.78, 5) is 44.9. The molecule has 17 aromatic rings. The summed E-state index contributed by atoms with van der Waals surface area (Å²) in [5.74, 6) is 3.40. The molecule has 0 unspecified atom stereocenters. The zero-order valence-corrected chi connectivity index (χ0v) is 74.2. The van der Waals surface area contributed by atoms with Crippen molar-refractivity contribution >= 4 is 78.4 Å². The van der Waals surface area contributed by atoms with E-state index in [0.717, 1.165) is 135 Å². The van der Waals surface area contributed by atoms with Gasteiger partial charge in [0, 0.05) is 69.6 Å². The molecule has 0 atom stereocenters. The van der Waals surface area contributed by atoms with Crippen molar-refractivity contribution in [1.29, 1.82) is 0 Å². The minimum Gasteiger partial charge on any atom is -0.382 e. The van der Waals surface area contributed by atoms with Crippen LogP contribution in [0.1, 0.15) is 202 Å². The molecule has 121 heavy (non-hydrogen) atoms. The highest BCUT2D eigenvalue weighted by Gasteiger charge is 2.33. The number of nitrogens with zero attached hydrogens (tertiary/aromatic N) is 19. The normalized spacial score (nSPS) is 12.2. The molecular formula is C96H125N25. The summed E-state index contributed by atoms with van der Waals surface area (Å²) < 4.78 is 7.26. The number of aromatic amines is 2. The van der Waals surface area contributed by atoms with Crippen molar-refractivity contribution in [2.75, 3.05) is 22.9 Å². The van der Waals surface area contributed by atoms with Gasteiger partial charge in [0.2, 0.25) is 0 Å². The molecule has 0 fully saturated rings. The molecule has 0 radical (unpaired) electrons. The second-order valence-corrected chi connectivity index (χ2v) is 26.2. The predicted molar refractivity (Wildman–Crippen MR) is 499 cm³/mol. The summed E-state index contributed by atoms with van der Waals surface area (Å²) in [6, 6.07) is 59.9. The number of benzene rings is 6. The van der Waals surface area contributed by atoms with Crippen LogP contribution in [0, 0.1) is 0 Å². The standard InChI is InChI=1S/C20H17N5.3C15H15N5.C7H6N2.C5H5N.C3H4N2.8C2H6/c21-20-19-18(22-12-23-20)17(24-25(19)16-8-2-1-3-9-16)15-10-13-6-4-5-7-14(13)11-15;3*1-20-14-13(17-8-18-15(14)16)12(19-20)11-6-9-4-2-3-5-10(9)7-11;1-2-4-7-6(3-1)8-5-9-7;1-2-4-6-5-3-1;1-2-4-5-3-1;8*1-2/h1-9,12,15H,10-11H2,(H2,21,22,23);3*2-5,8,11H,6-7H2,1H3,(H2,16,17,18);1-5H,(H,8,9);1-5H;1-3H,(H,4,5);8*1-2H3. The van der Waals surface area contributed by atoms with Gasteiger partial charge in [-0.05, 0) is 138 Å². The van der Waals surface area contributed by atoms with Crippen LogP contribution in [-0.4, -0.2) is 104 Å². The summed E-state index contributed by atoms with van der Waals surface area (Å²) in [5.41, 5.74) is 49.3. The Balaban J connectivity index is 0.000000196. The Bertz CT molecular complexity index is 5310. The highest BCUT2D eigenvalue weighted by molar-refractivity contribution is 5.90. The smallest absolute Gasteiger partial charge is 0.153 e. The molecule has 634 valence electrons. The number of nitrogens with two attached hydrogens (primary N) is 4. The Hall–Kier alpha value is -13.5. The first-order valence-corrected chi connectivity index (χ1v) is 42.8. The quantitative estimate of drug-likeness (QED) is 0.0932. The number of H-pyrrole nitrogens is 2. The van der Waals surface area contributed by atoms with Crippen molar-refractivity contribution in [2.24, 2.45) is 21.1 Å². The van der Waals surface area contributed by atoms with Crippen LogP contribution in [0.25, 0.3) is 60.9 Å². The number of para-hydroxylation sites is 3. The first kappa shape index (κ1) is 94.7. The molecule has 0 spiro atoms. The minimum absolute atomic E-state index is 0.319. The Labute approximate surface area is 713 Å². The van der Waals surface area contributed by atoms with Crippen LogP contribution in [0.4, 0.5) is 23.3 Å². The Morgan fingerprint density at radius 3 is 0.868 bits per heavy atom. The lowest BCUT2D eigenvalue weighted by Crippen LogP contribution is -2.02. The predicted octanol–water partition coefficient (Wildman–Crippen LogP) is 20.0. The topological polar surface area (TPSA) is 349 Å². The van der Waals surface area contributed by atoms with E-state index in [-0.39, 0.29) is 0 Å². The Morgan fingerprint density at radius 1 is 0.298 bits per heavy atom. The Morgan fingerprint density at radius 2 is 0.587 bits per heavy atom. The molecule has 0 saturated carbocycles. The monoisotopic (exact) mass is 1630 g/mol. The lowest BCUT2D eigenvalue weighted by Gasteiger charge is -2.05. The van der Waals surface area contributed by atoms with Gasteiger partial charge in [-0.3, -0.25) is 24.1 Å². The molecule has 25 nitrogen and oxygen atoms in total. The zero-order chi connectivity index (χ0) is 87.8. The number of nitrogens with one attached hydrogen (secondary N) is 2. The number of anilines is 4. The molecule has 21 rings (SSSR count). The van der Waals surface area contributed by atoms with Crippen LogP contribution in [0.15, 0.2) is 232 Å². The van der Waals surface area contributed by atoms with Gasteiger partial charge in [-0.1, -0.05) is 244 Å². The summed E-state index contributed by atoms with van der Waals surface area (Å²) in [7, 11) is 5.69. The van der Waals surface area contributed by atoms with Crippen LogP contribution in [-0.2, 0) is 72.5 Å². The molecule has 4 aliphatic carbocycles. The van der Waals surface area contributed by atoms with Crippen molar-refractivity contribution in [3.05, 3.63) is 300 Å². The first-order valence-electron chi connectivity index (χ1n) is 42.8. The van der Waals surface area contributed by atoms with Crippen molar-refractivity contribution in [1.82, 2.24) is 104 Å². The van der Waals surface area contributed by atoms with Crippen molar-refractivity contribution in [3.8, 4) is 5.69 Å². The van der Waals surface area contributed by atoms with Crippen molar-refractivity contribution in [3.63, 3.8) is 0 Å². The number of hydrogen-bond acceptors (Lipinski definition) is 19. The third-order valence-electron chi connectivity index (χ3n) is 19.6. The fraction of sp³-hybridized carbons (Fsp3) is 0.323. The van der Waals surface area contributed by atoms with E-state index in [2.05, 4.69) is 177 Å². The maximum absolute atomic E-state index is 6.18. The Kier molecular flexibility index (Phi) is 38.9. The van der Waals surface area contributed by atoms with E-state index in [4.69, 9.17) is 28.0 Å². The molecular weight excluding hydrogens is 1500 g/mol. The number of nitrogen functional groups attached to an aromatic ring is 4. The summed E-state index contributed by atoms with van der Waals surface area (Å²) in [6.07, 6.45) is 22.8. The van der Waals surface area contributed by atoms with Crippen molar-refractivity contribution in [2.45, 2.75) is 186 Å². The summed E-state index contributed by atoms with van der Waals surface area (Å²) in [6.45, 7) is 32.0. The van der Waals surface area contributed by atoms with Crippen LogP contribution < -0.4 is 22.9 Å². The van der Waals surface area contributed by atoms with E-state index < -0.39 is 0 Å². The average molecular weight is 1630 g/mol. The molecule has 0 bridgehead atoms. The van der Waals surface area contributed by atoms with Gasteiger partial charge in [0.25, 0.3) is 0 Å². The van der Waals surface area contributed by atoms with E-state index in [1.807, 2.05) is 215 Å². The van der Waals surface area contributed by atoms with E-state index >= 15 is 0 Å². The molecule has 10 N–H and O–H groups in total. The maximum Gasteiger partial charge on any atom is 0.153 e.